The number of amides is 3. The lowest BCUT2D eigenvalue weighted by Crippen LogP contribution is -2.50. The second kappa shape index (κ2) is 10.2. The van der Waals surface area contributed by atoms with Gasteiger partial charge in [-0.05, 0) is 49.1 Å². The van der Waals surface area contributed by atoms with Gasteiger partial charge >= 0.3 is 0 Å². The highest BCUT2D eigenvalue weighted by atomic mass is 32.2. The number of para-hydroxylation sites is 1. The Hall–Kier alpha value is -2.87. The van der Waals surface area contributed by atoms with E-state index in [1.165, 1.54) is 23.9 Å². The first kappa shape index (κ1) is 21.8. The van der Waals surface area contributed by atoms with Crippen molar-refractivity contribution in [1.29, 1.82) is 0 Å². The van der Waals surface area contributed by atoms with Crippen LogP contribution in [0.4, 0.5) is 4.39 Å². The normalized spacial score (nSPS) is 13.9. The molecule has 8 heteroatoms. The van der Waals surface area contributed by atoms with Crippen molar-refractivity contribution in [2.45, 2.75) is 18.9 Å². The summed E-state index contributed by atoms with van der Waals surface area (Å²) in [6, 6.07) is 11.8. The maximum Gasteiger partial charge on any atom is 0.262 e. The van der Waals surface area contributed by atoms with Crippen LogP contribution in [0.15, 0.2) is 48.5 Å². The lowest BCUT2D eigenvalue weighted by molar-refractivity contribution is -0.125. The predicted octanol–water partition coefficient (Wildman–Crippen LogP) is 3.13. The molecule has 1 aliphatic heterocycles. The van der Waals surface area contributed by atoms with Crippen molar-refractivity contribution >= 4 is 29.5 Å². The largest absolute Gasteiger partial charge is 0.490 e. The Labute approximate surface area is 178 Å². The van der Waals surface area contributed by atoms with Gasteiger partial charge in [0.15, 0.2) is 11.6 Å². The number of thioether (sulfide) groups is 1. The number of imide groups is 1. The molecule has 3 rings (SSSR count). The zero-order chi connectivity index (χ0) is 21.5. The first-order valence-electron chi connectivity index (χ1n) is 9.65. The molecule has 0 spiro atoms. The number of fused-ring (bicyclic) bond motifs is 1. The van der Waals surface area contributed by atoms with E-state index in [0.717, 1.165) is 4.90 Å². The van der Waals surface area contributed by atoms with Gasteiger partial charge < -0.3 is 10.1 Å². The fourth-order valence-corrected chi connectivity index (χ4v) is 3.70. The molecular formula is C22H23FN2O4S. The van der Waals surface area contributed by atoms with Crippen LogP contribution in [0.25, 0.3) is 0 Å². The average Bonchev–Trinajstić information content (AvgIpc) is 3.00. The standard InChI is InChI=1S/C22H23FN2O4S/c1-30-14-11-18(25-21(27)15-7-2-3-8-16(15)22(25)28)20(26)24-12-6-13-29-19-10-5-4-9-17(19)23/h2-5,7-10,18H,6,11-14H2,1H3,(H,24,26). The SMILES string of the molecule is CSCCC(C(=O)NCCCOc1ccccc1F)N1C(=O)c2ccccc2C1=O. The zero-order valence-electron chi connectivity index (χ0n) is 16.6. The third-order valence-corrected chi connectivity index (χ3v) is 5.39. The van der Waals surface area contributed by atoms with E-state index < -0.39 is 23.7 Å². The Kier molecular flexibility index (Phi) is 7.46. The number of nitrogens with one attached hydrogen (secondary N) is 1. The summed E-state index contributed by atoms with van der Waals surface area (Å²) in [5, 5.41) is 2.77. The molecule has 0 radical (unpaired) electrons. The van der Waals surface area contributed by atoms with E-state index in [2.05, 4.69) is 5.32 Å². The fourth-order valence-electron chi connectivity index (χ4n) is 3.24. The lowest BCUT2D eigenvalue weighted by Gasteiger charge is -2.25. The van der Waals surface area contributed by atoms with Gasteiger partial charge in [-0.2, -0.15) is 11.8 Å². The van der Waals surface area contributed by atoms with Gasteiger partial charge in [-0.3, -0.25) is 19.3 Å². The van der Waals surface area contributed by atoms with Gasteiger partial charge in [0.1, 0.15) is 6.04 Å². The topological polar surface area (TPSA) is 75.7 Å². The van der Waals surface area contributed by atoms with E-state index in [4.69, 9.17) is 4.74 Å². The molecule has 6 nitrogen and oxygen atoms in total. The molecule has 0 fully saturated rings. The van der Waals surface area contributed by atoms with Crippen molar-refractivity contribution < 1.29 is 23.5 Å². The van der Waals surface area contributed by atoms with Crippen LogP contribution in [0.2, 0.25) is 0 Å². The second-order valence-corrected chi connectivity index (χ2v) is 7.73. The van der Waals surface area contributed by atoms with Crippen LogP contribution in [0.1, 0.15) is 33.6 Å². The lowest BCUT2D eigenvalue weighted by atomic mass is 10.1. The third kappa shape index (κ3) is 4.81. The molecule has 3 amide bonds. The number of carbonyl (C=O) groups is 3. The Morgan fingerprint density at radius 1 is 1.10 bits per heavy atom. The summed E-state index contributed by atoms with van der Waals surface area (Å²) in [7, 11) is 0. The summed E-state index contributed by atoms with van der Waals surface area (Å²) in [4.78, 5) is 39.3. The van der Waals surface area contributed by atoms with E-state index in [-0.39, 0.29) is 24.8 Å². The molecule has 30 heavy (non-hydrogen) atoms. The van der Waals surface area contributed by atoms with Crippen molar-refractivity contribution in [3.63, 3.8) is 0 Å². The van der Waals surface area contributed by atoms with Crippen molar-refractivity contribution in [2.75, 3.05) is 25.2 Å². The van der Waals surface area contributed by atoms with E-state index in [1.807, 2.05) is 6.26 Å². The number of benzene rings is 2. The molecule has 1 unspecified atom stereocenters. The molecule has 1 aliphatic rings. The molecule has 0 saturated carbocycles. The second-order valence-electron chi connectivity index (χ2n) is 6.75. The molecule has 1 heterocycles. The molecular weight excluding hydrogens is 407 g/mol. The van der Waals surface area contributed by atoms with Crippen molar-refractivity contribution in [1.82, 2.24) is 10.2 Å². The van der Waals surface area contributed by atoms with Crippen LogP contribution >= 0.6 is 11.8 Å². The van der Waals surface area contributed by atoms with Crippen LogP contribution in [-0.4, -0.2) is 53.8 Å². The molecule has 158 valence electrons. The van der Waals surface area contributed by atoms with E-state index in [0.29, 0.717) is 29.7 Å². The Morgan fingerprint density at radius 3 is 2.37 bits per heavy atom. The van der Waals surface area contributed by atoms with Gasteiger partial charge in [0.05, 0.1) is 17.7 Å². The van der Waals surface area contributed by atoms with Gasteiger partial charge in [-0.25, -0.2) is 4.39 Å². The van der Waals surface area contributed by atoms with Gasteiger partial charge in [-0.15, -0.1) is 0 Å². The molecule has 0 saturated heterocycles. The monoisotopic (exact) mass is 430 g/mol. The van der Waals surface area contributed by atoms with Crippen molar-refractivity contribution in [2.24, 2.45) is 0 Å². The van der Waals surface area contributed by atoms with Gasteiger partial charge in [-0.1, -0.05) is 24.3 Å². The molecule has 1 atom stereocenters. The number of carbonyl (C=O) groups excluding carboxylic acids is 3. The van der Waals surface area contributed by atoms with Gasteiger partial charge in [0, 0.05) is 6.54 Å². The first-order valence-corrected chi connectivity index (χ1v) is 11.0. The molecule has 0 aromatic heterocycles. The summed E-state index contributed by atoms with van der Waals surface area (Å²) in [6.07, 6.45) is 2.72. The maximum absolute atomic E-state index is 13.5. The number of hydrogen-bond donors (Lipinski definition) is 1. The highest BCUT2D eigenvalue weighted by Gasteiger charge is 2.42. The Morgan fingerprint density at radius 2 is 1.73 bits per heavy atom. The number of hydrogen-bond acceptors (Lipinski definition) is 5. The summed E-state index contributed by atoms with van der Waals surface area (Å²) < 4.78 is 18.9. The quantitative estimate of drug-likeness (QED) is 0.463. The van der Waals surface area contributed by atoms with Crippen LogP contribution in [0.3, 0.4) is 0 Å². The molecule has 0 aliphatic carbocycles. The van der Waals surface area contributed by atoms with E-state index in [9.17, 15) is 18.8 Å². The molecule has 0 bridgehead atoms. The van der Waals surface area contributed by atoms with E-state index in [1.54, 1.807) is 36.4 Å². The molecule has 2 aromatic rings. The van der Waals surface area contributed by atoms with Crippen LogP contribution in [0, 0.1) is 5.82 Å². The average molecular weight is 431 g/mol. The minimum Gasteiger partial charge on any atom is -0.490 e. The van der Waals surface area contributed by atoms with Crippen LogP contribution < -0.4 is 10.1 Å². The highest BCUT2D eigenvalue weighted by Crippen LogP contribution is 2.26. The van der Waals surface area contributed by atoms with Gasteiger partial charge in [0.2, 0.25) is 5.91 Å². The zero-order valence-corrected chi connectivity index (χ0v) is 17.4. The van der Waals surface area contributed by atoms with Gasteiger partial charge in [0.25, 0.3) is 11.8 Å². The summed E-state index contributed by atoms with van der Waals surface area (Å²) >= 11 is 1.54. The van der Waals surface area contributed by atoms with Crippen molar-refractivity contribution in [3.8, 4) is 5.75 Å². The fraction of sp³-hybridized carbons (Fsp3) is 0.318. The summed E-state index contributed by atoms with van der Waals surface area (Å²) in [5.41, 5.74) is 0.644. The number of rotatable bonds is 10. The molecule has 1 N–H and O–H groups in total. The highest BCUT2D eigenvalue weighted by molar-refractivity contribution is 7.98. The molecule has 2 aromatic carbocycles. The number of halogens is 1. The van der Waals surface area contributed by atoms with Crippen molar-refractivity contribution in [3.05, 3.63) is 65.5 Å². The number of ether oxygens (including phenoxy) is 1. The minimum absolute atomic E-state index is 0.160. The summed E-state index contributed by atoms with van der Waals surface area (Å²) in [5.74, 6) is -0.928. The van der Waals surface area contributed by atoms with E-state index >= 15 is 0 Å². The maximum atomic E-state index is 13.5. The first-order chi connectivity index (χ1) is 14.5. The summed E-state index contributed by atoms with van der Waals surface area (Å²) in [6.45, 7) is 0.510. The minimum atomic E-state index is -0.877. The predicted molar refractivity (Wildman–Crippen MR) is 113 cm³/mol. The smallest absolute Gasteiger partial charge is 0.262 e. The Balaban J connectivity index is 1.58. The Bertz CT molecular complexity index is 902. The third-order valence-electron chi connectivity index (χ3n) is 4.75. The van der Waals surface area contributed by atoms with Crippen LogP contribution in [-0.2, 0) is 4.79 Å². The number of nitrogens with zero attached hydrogens (tertiary/aromatic N) is 1. The van der Waals surface area contributed by atoms with Crippen LogP contribution in [0.5, 0.6) is 5.75 Å².